The summed E-state index contributed by atoms with van der Waals surface area (Å²) < 4.78 is 158. The number of aryl methyl sites for hydroxylation is 3. The fraction of sp³-hybridized carbons (Fsp3) is 0.217. The van der Waals surface area contributed by atoms with Crippen LogP contribution in [0.5, 0.6) is 86.2 Å². The summed E-state index contributed by atoms with van der Waals surface area (Å²) >= 11 is 12.1. The zero-order valence-corrected chi connectivity index (χ0v) is 86.6. The Bertz CT molecular complexity index is 5320. The van der Waals surface area contributed by atoms with Gasteiger partial charge in [0.2, 0.25) is 0 Å². The van der Waals surface area contributed by atoms with Crippen molar-refractivity contribution in [3.05, 3.63) is 315 Å². The van der Waals surface area contributed by atoms with Crippen LogP contribution < -0.4 is 198 Å². The van der Waals surface area contributed by atoms with Crippen LogP contribution in [0.15, 0.2) is 212 Å². The maximum Gasteiger partial charge on any atom is 0.419 e. The van der Waals surface area contributed by atoms with Crippen molar-refractivity contribution in [2.24, 2.45) is 0 Å². The summed E-state index contributed by atoms with van der Waals surface area (Å²) in [5, 5.41) is 13.3. The normalized spacial score (nSPS) is 10.5. The lowest BCUT2D eigenvalue weighted by Crippen LogP contribution is -3.62. The SMILES string of the molecule is COc1cc(OC)c([I+]c2cc(Cl)cc(Cl)c2)c(OC)c1.COc1cc(OC)c([I+]c2cc(F)ccc2[N+](=O)[O-])c(OC)c1.COc1cc(OC)c([I+]c2ccc(CBr)cc2)c(OC)c1.COc1cc(OC)c([I+]c2ccc(F)c(C(F)(F)F)c2)c(OC)c1.COc1cc(OC)c([I+]c2ccccc2)c(OC)c1.Cc1cc(C)c([I+]c2ccccc2)c(C)c1. The number of nitro benzene ring substituents is 1. The second-order valence-electron chi connectivity index (χ2n) is 24.9. The first-order chi connectivity index (χ1) is 59.5. The van der Waals surface area contributed by atoms with Gasteiger partial charge in [0.25, 0.3) is 21.4 Å². The van der Waals surface area contributed by atoms with Crippen molar-refractivity contribution in [1.82, 2.24) is 0 Å². The van der Waals surface area contributed by atoms with Gasteiger partial charge in [0, 0.05) is 117 Å². The third kappa shape index (κ3) is 30.7. The first kappa shape index (κ1) is 103. The predicted octanol–water partition coefficient (Wildman–Crippen LogP) is 3.35. The van der Waals surface area contributed by atoms with Crippen LogP contribution in [0, 0.1) is 85.4 Å². The highest BCUT2D eigenvalue weighted by atomic mass is 127. The molecule has 0 spiro atoms. The Kier molecular flexibility index (Phi) is 43.6. The largest absolute Gasteiger partial charge is 0.496 e. The molecule has 0 heterocycles. The molecule has 32 heteroatoms. The molecule has 12 rings (SSSR count). The minimum Gasteiger partial charge on any atom is -0.496 e. The van der Waals surface area contributed by atoms with Crippen LogP contribution >= 0.6 is 39.1 Å². The van der Waals surface area contributed by atoms with E-state index in [9.17, 15) is 32.1 Å². The van der Waals surface area contributed by atoms with E-state index in [4.69, 9.17) is 94.3 Å². The Morgan fingerprint density at radius 3 is 0.944 bits per heavy atom. The van der Waals surface area contributed by atoms with Crippen molar-refractivity contribution in [1.29, 1.82) is 0 Å². The molecule has 0 saturated carbocycles. The standard InChI is InChI=1S/C16H17BrIO3.C16H14F4IO3.C15H14Cl2IO3.C15H14FINO5.C15H16IO3.C15H16I/c1-19-13-8-14(20-2)16(15(9-13)21-3)18-12-6-4-11(10-17)5-7-12;1-22-10-7-13(23-2)15(14(8-10)24-3)21-9-4-5-12(17)11(6-9)16(18,19)20;1-19-12-7-13(20-2)15(14(8-12)21-3)18-11-5-9(16)4-10(17)6-11;1-21-10-7-13(22-2)15(14(8-10)23-3)17-11-6-9(16)4-5-12(11)18(19)20;1-17-12-9-13(18-2)15(14(10-12)19-3)16-11-7-5-4-6-8-11;1-11-9-12(2)15(13(3)10-11)16-14-7-5-4-6-8-14/h4-9H,10H2,1-3H3;4-8H,1-3H3;4-8H,1-3H3;4-8H,1-3H3;4-10H,1-3H3;4-10H,1-3H3/q6*+1. The number of nitrogens with zero attached hydrogens (tertiary/aromatic N) is 1. The molecule has 0 aliphatic heterocycles. The van der Waals surface area contributed by atoms with E-state index in [1.807, 2.05) is 54.6 Å². The highest BCUT2D eigenvalue weighted by Crippen LogP contribution is 2.35. The summed E-state index contributed by atoms with van der Waals surface area (Å²) in [6.45, 7) is 6.64. The molecule has 0 aliphatic carbocycles. The lowest BCUT2D eigenvalue weighted by Gasteiger charge is -2.09. The van der Waals surface area contributed by atoms with Gasteiger partial charge in [-0.1, -0.05) is 105 Å². The van der Waals surface area contributed by atoms with Gasteiger partial charge < -0.3 is 71.1 Å². The van der Waals surface area contributed by atoms with Crippen molar-refractivity contribution in [3.8, 4) is 86.2 Å². The predicted molar refractivity (Wildman–Crippen MR) is 448 cm³/mol. The molecule has 18 nitrogen and oxygen atoms in total. The maximum absolute atomic E-state index is 13.5. The number of rotatable bonds is 29. The third-order valence-corrected chi connectivity index (χ3v) is 36.1. The van der Waals surface area contributed by atoms with Gasteiger partial charge in [-0.15, -0.1) is 0 Å². The molecule has 0 amide bonds. The molecular formula is C92H91BrCl2F5I6NO17+6. The van der Waals surface area contributed by atoms with E-state index in [0.29, 0.717) is 64.6 Å². The summed E-state index contributed by atoms with van der Waals surface area (Å²) in [6.07, 6.45) is -4.74. The Morgan fingerprint density at radius 2 is 0.637 bits per heavy atom. The zero-order chi connectivity index (χ0) is 90.7. The second-order valence-corrected chi connectivity index (χ2v) is 43.5. The molecule has 0 saturated heterocycles. The highest BCUT2D eigenvalue weighted by molar-refractivity contribution is 9.08. The number of halogens is 14. The zero-order valence-electron chi connectivity index (χ0n) is 70.6. The number of nitro groups is 1. The molecule has 0 aliphatic rings. The molecule has 0 fully saturated rings. The first-order valence-corrected chi connectivity index (χ1v) is 51.3. The monoisotopic (exact) mass is 2490 g/mol. The summed E-state index contributed by atoms with van der Waals surface area (Å²) in [7, 11) is 23.7. The van der Waals surface area contributed by atoms with Crippen molar-refractivity contribution in [2.45, 2.75) is 32.3 Å². The Morgan fingerprint density at radius 1 is 0.339 bits per heavy atom. The van der Waals surface area contributed by atoms with E-state index in [0.717, 1.165) is 83.8 Å². The molecule has 124 heavy (non-hydrogen) atoms. The summed E-state index contributed by atoms with van der Waals surface area (Å²) in [5.41, 5.74) is 4.17. The van der Waals surface area contributed by atoms with Gasteiger partial charge in [-0.3, -0.25) is 10.1 Å². The molecule has 658 valence electrons. The lowest BCUT2D eigenvalue weighted by atomic mass is 10.1. The Hall–Kier alpha value is -7.87. The number of ether oxygens (including phenoxy) is 15. The van der Waals surface area contributed by atoms with Gasteiger partial charge in [-0.05, 0) is 87.0 Å². The molecule has 0 atom stereocenters. The summed E-state index contributed by atoms with van der Waals surface area (Å²) in [4.78, 5) is 10.6. The van der Waals surface area contributed by atoms with Gasteiger partial charge >= 0.3 is 139 Å². The van der Waals surface area contributed by atoms with Crippen LogP contribution in [0.2, 0.25) is 10.0 Å². The van der Waals surface area contributed by atoms with Crippen LogP contribution in [0.4, 0.5) is 27.6 Å². The molecule has 0 N–H and O–H groups in total. The molecule has 0 bridgehead atoms. The van der Waals surface area contributed by atoms with Crippen molar-refractivity contribution in [2.75, 3.05) is 107 Å². The second kappa shape index (κ2) is 52.4. The van der Waals surface area contributed by atoms with Crippen molar-refractivity contribution >= 4 is 44.8 Å². The maximum atomic E-state index is 13.5. The average Bonchev–Trinajstić information content (AvgIpc) is 0.817. The number of hydrogen-bond acceptors (Lipinski definition) is 17. The van der Waals surface area contributed by atoms with Crippen LogP contribution in [0.25, 0.3) is 0 Å². The van der Waals surface area contributed by atoms with E-state index >= 15 is 0 Å². The van der Waals surface area contributed by atoms with Crippen LogP contribution in [-0.4, -0.2) is 112 Å². The summed E-state index contributed by atoms with van der Waals surface area (Å²) in [6, 6.07) is 64.4. The van der Waals surface area contributed by atoms with Crippen LogP contribution in [0.1, 0.15) is 27.8 Å². The van der Waals surface area contributed by atoms with E-state index in [1.54, 1.807) is 97.9 Å². The quantitative estimate of drug-likeness (QED) is 0.0219. The topological polar surface area (TPSA) is 182 Å². The number of benzene rings is 12. The smallest absolute Gasteiger partial charge is 0.419 e. The molecule has 0 aromatic heterocycles. The fourth-order valence-electron chi connectivity index (χ4n) is 10.9. The van der Waals surface area contributed by atoms with E-state index in [1.165, 1.54) is 93.8 Å². The Labute approximate surface area is 800 Å². The number of hydrogen-bond donors (Lipinski definition) is 0. The number of alkyl halides is 4. The Balaban J connectivity index is 0.000000205. The molecular weight excluding hydrogens is 2400 g/mol. The molecule has 12 aromatic rings. The third-order valence-electron chi connectivity index (χ3n) is 16.8. The minimum absolute atomic E-state index is 0.0275. The van der Waals surface area contributed by atoms with Gasteiger partial charge in [-0.25, -0.2) is 8.78 Å². The average molecular weight is 2490 g/mol. The van der Waals surface area contributed by atoms with Crippen LogP contribution in [-0.2, 0) is 11.5 Å². The van der Waals surface area contributed by atoms with E-state index < -0.39 is 91.9 Å². The van der Waals surface area contributed by atoms with Gasteiger partial charge in [0.1, 0.15) is 40.4 Å². The fourth-order valence-corrected chi connectivity index (χ4v) is 28.6. The van der Waals surface area contributed by atoms with E-state index in [-0.39, 0.29) is 69.3 Å². The molecule has 12 aromatic carbocycles. The lowest BCUT2D eigenvalue weighted by molar-refractivity contribution is -0.606. The number of methoxy groups -OCH3 is 15. The van der Waals surface area contributed by atoms with Crippen LogP contribution in [0.3, 0.4) is 0 Å². The van der Waals surface area contributed by atoms with Crippen molar-refractivity contribution in [3.63, 3.8) is 0 Å². The van der Waals surface area contributed by atoms with E-state index in [2.05, 4.69) is 128 Å². The summed E-state index contributed by atoms with van der Waals surface area (Å²) in [5.74, 6) is 8.11. The minimum atomic E-state index is -4.74. The van der Waals surface area contributed by atoms with Gasteiger partial charge in [0.15, 0.2) is 78.9 Å². The molecule has 0 radical (unpaired) electrons. The van der Waals surface area contributed by atoms with Gasteiger partial charge in [-0.2, -0.15) is 13.2 Å². The highest BCUT2D eigenvalue weighted by Gasteiger charge is 2.39. The van der Waals surface area contributed by atoms with Gasteiger partial charge in [0.05, 0.1) is 117 Å². The first-order valence-electron chi connectivity index (χ1n) is 36.5. The molecule has 0 unspecified atom stereocenters. The van der Waals surface area contributed by atoms with Crippen molar-refractivity contribution < 1.29 is 225 Å².